The van der Waals surface area contributed by atoms with Crippen LogP contribution in [0.5, 0.6) is 0 Å². The zero-order valence-electron chi connectivity index (χ0n) is 13.1. The second kappa shape index (κ2) is 7.12. The van der Waals surface area contributed by atoms with Crippen molar-refractivity contribution < 1.29 is 18.8 Å². The van der Waals surface area contributed by atoms with Crippen LogP contribution in [0.3, 0.4) is 0 Å². The van der Waals surface area contributed by atoms with Crippen molar-refractivity contribution in [3.63, 3.8) is 0 Å². The van der Waals surface area contributed by atoms with E-state index < -0.39 is 5.63 Å². The molecule has 0 aliphatic carbocycles. The summed E-state index contributed by atoms with van der Waals surface area (Å²) in [5.41, 5.74) is 0.629. The van der Waals surface area contributed by atoms with Crippen LogP contribution in [0.4, 0.5) is 0 Å². The van der Waals surface area contributed by atoms with Gasteiger partial charge in [-0.2, -0.15) is 0 Å². The van der Waals surface area contributed by atoms with E-state index in [2.05, 4.69) is 15.1 Å². The third kappa shape index (κ3) is 4.09. The van der Waals surface area contributed by atoms with E-state index in [1.165, 1.54) is 10.2 Å². The summed E-state index contributed by atoms with van der Waals surface area (Å²) in [5.74, 6) is -0.236. The van der Waals surface area contributed by atoms with Gasteiger partial charge in [-0.15, -0.1) is 0 Å². The van der Waals surface area contributed by atoms with E-state index in [0.717, 1.165) is 12.6 Å². The van der Waals surface area contributed by atoms with Crippen LogP contribution in [0.2, 0.25) is 0 Å². The van der Waals surface area contributed by atoms with Gasteiger partial charge in [0, 0.05) is 19.5 Å². The molecule has 8 heteroatoms. The number of carbonyl (C=O) groups excluding carboxylic acids is 2. The van der Waals surface area contributed by atoms with Crippen LogP contribution in [-0.4, -0.2) is 41.1 Å². The molecule has 8 nitrogen and oxygen atoms in total. The quantitative estimate of drug-likeness (QED) is 0.678. The van der Waals surface area contributed by atoms with Gasteiger partial charge in [-0.3, -0.25) is 14.1 Å². The zero-order chi connectivity index (χ0) is 16.9. The summed E-state index contributed by atoms with van der Waals surface area (Å²) in [7, 11) is 0. The average Bonchev–Trinajstić information content (AvgIpc) is 3.11. The van der Waals surface area contributed by atoms with E-state index in [1.807, 2.05) is 30.3 Å². The fourth-order valence-electron chi connectivity index (χ4n) is 2.78. The van der Waals surface area contributed by atoms with E-state index in [-0.39, 0.29) is 24.4 Å². The maximum Gasteiger partial charge on any atom is 0.426 e. The number of amides is 2. The number of aromatic nitrogens is 2. The summed E-state index contributed by atoms with van der Waals surface area (Å²) in [4.78, 5) is 36.7. The Labute approximate surface area is 138 Å². The van der Waals surface area contributed by atoms with Crippen molar-refractivity contribution in [2.45, 2.75) is 25.4 Å². The van der Waals surface area contributed by atoms with E-state index in [0.29, 0.717) is 19.5 Å². The van der Waals surface area contributed by atoms with E-state index in [9.17, 15) is 14.4 Å². The smallest absolute Gasteiger partial charge is 0.345 e. The van der Waals surface area contributed by atoms with Crippen LogP contribution in [-0.2, 0) is 22.6 Å². The SMILES string of the molecule is O=C(C[n+]1cc(=O)o[nH]1)NC1CC(=O)N(CCc2ccccc2)C1. The highest BCUT2D eigenvalue weighted by Gasteiger charge is 2.31. The van der Waals surface area contributed by atoms with E-state index in [1.54, 1.807) is 4.90 Å². The van der Waals surface area contributed by atoms with Gasteiger partial charge in [0.2, 0.25) is 5.91 Å². The molecule has 1 saturated heterocycles. The predicted octanol–water partition coefficient (Wildman–Crippen LogP) is -0.785. The number of H-pyrrole nitrogens is 1. The largest absolute Gasteiger partial charge is 0.426 e. The van der Waals surface area contributed by atoms with Crippen LogP contribution in [0.1, 0.15) is 12.0 Å². The number of benzene rings is 1. The van der Waals surface area contributed by atoms with Gasteiger partial charge in [-0.1, -0.05) is 35.0 Å². The molecule has 1 aromatic carbocycles. The van der Waals surface area contributed by atoms with Crippen molar-refractivity contribution >= 4 is 11.8 Å². The van der Waals surface area contributed by atoms with Gasteiger partial charge in [0.1, 0.15) is 0 Å². The predicted molar refractivity (Wildman–Crippen MR) is 82.8 cm³/mol. The molecule has 1 fully saturated rings. The van der Waals surface area contributed by atoms with Crippen molar-refractivity contribution in [3.05, 3.63) is 52.5 Å². The summed E-state index contributed by atoms with van der Waals surface area (Å²) < 4.78 is 5.74. The van der Waals surface area contributed by atoms with Crippen molar-refractivity contribution in [1.82, 2.24) is 15.5 Å². The first-order valence-corrected chi connectivity index (χ1v) is 7.79. The van der Waals surface area contributed by atoms with Crippen LogP contribution >= 0.6 is 0 Å². The molecule has 126 valence electrons. The highest BCUT2D eigenvalue weighted by Crippen LogP contribution is 2.12. The second-order valence-electron chi connectivity index (χ2n) is 5.81. The number of carbonyl (C=O) groups is 2. The maximum atomic E-state index is 12.1. The third-order valence-corrected chi connectivity index (χ3v) is 3.93. The zero-order valence-corrected chi connectivity index (χ0v) is 13.1. The molecule has 1 aliphatic rings. The van der Waals surface area contributed by atoms with Crippen LogP contribution in [0, 0.1) is 0 Å². The van der Waals surface area contributed by atoms with Crippen molar-refractivity contribution in [3.8, 4) is 0 Å². The van der Waals surface area contributed by atoms with Crippen LogP contribution in [0.15, 0.2) is 45.8 Å². The molecule has 2 amide bonds. The molecule has 0 spiro atoms. The topological polar surface area (TPSA) is 99.3 Å². The number of hydrogen-bond donors (Lipinski definition) is 2. The lowest BCUT2D eigenvalue weighted by Gasteiger charge is -2.16. The number of nitrogens with zero attached hydrogens (tertiary/aromatic N) is 2. The molecule has 0 radical (unpaired) electrons. The molecule has 1 aliphatic heterocycles. The Kier molecular flexibility index (Phi) is 4.74. The van der Waals surface area contributed by atoms with Gasteiger partial charge in [0.25, 0.3) is 18.6 Å². The molecule has 1 unspecified atom stereocenters. The lowest BCUT2D eigenvalue weighted by atomic mass is 10.1. The Balaban J connectivity index is 1.47. The van der Waals surface area contributed by atoms with Gasteiger partial charge < -0.3 is 10.2 Å². The van der Waals surface area contributed by atoms with Crippen molar-refractivity contribution in [1.29, 1.82) is 0 Å². The number of likely N-dealkylation sites (tertiary alicyclic amines) is 1. The fourth-order valence-corrected chi connectivity index (χ4v) is 2.78. The molecule has 0 saturated carbocycles. The number of hydrogen-bond acceptors (Lipinski definition) is 4. The van der Waals surface area contributed by atoms with E-state index in [4.69, 9.17) is 0 Å². The first kappa shape index (κ1) is 16.0. The second-order valence-corrected chi connectivity index (χ2v) is 5.81. The van der Waals surface area contributed by atoms with Gasteiger partial charge in [0.15, 0.2) is 0 Å². The van der Waals surface area contributed by atoms with Crippen LogP contribution < -0.4 is 15.6 Å². The number of aromatic amines is 1. The molecule has 0 bridgehead atoms. The first-order chi connectivity index (χ1) is 11.6. The molecule has 2 aromatic rings. The molecule has 3 rings (SSSR count). The van der Waals surface area contributed by atoms with Crippen molar-refractivity contribution in [2.75, 3.05) is 13.1 Å². The Morgan fingerprint density at radius 2 is 2.12 bits per heavy atom. The minimum absolute atomic E-state index is 0.0422. The molecule has 24 heavy (non-hydrogen) atoms. The summed E-state index contributed by atoms with van der Waals surface area (Å²) in [6, 6.07) is 9.76. The monoisotopic (exact) mass is 331 g/mol. The maximum absolute atomic E-state index is 12.1. The molecule has 1 atom stereocenters. The highest BCUT2D eigenvalue weighted by atomic mass is 16.5. The van der Waals surface area contributed by atoms with Gasteiger partial charge in [-0.25, -0.2) is 4.79 Å². The summed E-state index contributed by atoms with van der Waals surface area (Å²) in [5, 5.41) is 5.12. The first-order valence-electron chi connectivity index (χ1n) is 7.79. The Bertz CT molecular complexity index is 768. The molecular formula is C16H19N4O4+. The average molecular weight is 331 g/mol. The molecule has 2 heterocycles. The number of nitrogens with one attached hydrogen (secondary N) is 2. The molecular weight excluding hydrogens is 312 g/mol. The normalized spacial score (nSPS) is 17.2. The summed E-state index contributed by atoms with van der Waals surface area (Å²) in [6.07, 6.45) is 2.25. The van der Waals surface area contributed by atoms with Crippen molar-refractivity contribution in [2.24, 2.45) is 0 Å². The summed E-state index contributed by atoms with van der Waals surface area (Å²) in [6.45, 7) is 1.09. The number of rotatable bonds is 6. The Morgan fingerprint density at radius 1 is 1.33 bits per heavy atom. The molecule has 2 N–H and O–H groups in total. The standard InChI is InChI=1S/C16H18N4O4/c21-14(10-20-11-16(23)24-18-20)17-13-8-15(22)19(9-13)7-6-12-4-2-1-3-5-12/h1-5,11,13H,6-10H2,(H-,17,18,21,23)/p+1. The lowest BCUT2D eigenvalue weighted by molar-refractivity contribution is -0.751. The minimum atomic E-state index is -0.550. The van der Waals surface area contributed by atoms with Gasteiger partial charge in [0.05, 0.1) is 6.04 Å². The van der Waals surface area contributed by atoms with Gasteiger partial charge >= 0.3 is 5.63 Å². The third-order valence-electron chi connectivity index (χ3n) is 3.93. The Morgan fingerprint density at radius 3 is 2.83 bits per heavy atom. The van der Waals surface area contributed by atoms with Crippen LogP contribution in [0.25, 0.3) is 0 Å². The minimum Gasteiger partial charge on any atom is -0.345 e. The van der Waals surface area contributed by atoms with E-state index >= 15 is 0 Å². The Hall–Kier alpha value is -2.90. The fraction of sp³-hybridized carbons (Fsp3) is 0.375. The summed E-state index contributed by atoms with van der Waals surface area (Å²) >= 11 is 0. The lowest BCUT2D eigenvalue weighted by Crippen LogP contribution is -2.47. The molecule has 1 aromatic heterocycles. The highest BCUT2D eigenvalue weighted by molar-refractivity contribution is 5.81. The van der Waals surface area contributed by atoms with Gasteiger partial charge in [-0.05, 0) is 17.3 Å².